The van der Waals surface area contributed by atoms with E-state index in [2.05, 4.69) is 170 Å². The zero-order chi connectivity index (χ0) is 38.1. The van der Waals surface area contributed by atoms with Gasteiger partial charge in [-0.05, 0) is 153 Å². The molecule has 0 spiro atoms. The molecule has 7 aromatic carbocycles. The third-order valence-electron chi connectivity index (χ3n) is 14.7. The molecule has 3 saturated carbocycles. The van der Waals surface area contributed by atoms with Gasteiger partial charge in [0.25, 0.3) is 0 Å². The van der Waals surface area contributed by atoms with Crippen molar-refractivity contribution in [3.8, 4) is 33.4 Å². The van der Waals surface area contributed by atoms with E-state index in [1.165, 1.54) is 141 Å². The molecule has 1 nitrogen and oxygen atoms in total. The first-order chi connectivity index (χ1) is 28.0. The predicted molar refractivity (Wildman–Crippen MR) is 241 cm³/mol. The highest BCUT2D eigenvalue weighted by Gasteiger charge is 2.41. The fourth-order valence-corrected chi connectivity index (χ4v) is 12.0. The molecule has 0 radical (unpaired) electrons. The Bertz CT molecular complexity index is 2620. The molecule has 0 aliphatic heterocycles. The minimum atomic E-state index is -0.180. The third-order valence-corrected chi connectivity index (χ3v) is 14.7. The minimum Gasteiger partial charge on any atom is -0.310 e. The maximum absolute atomic E-state index is 2.58. The quantitative estimate of drug-likeness (QED) is 0.157. The van der Waals surface area contributed by atoms with Crippen LogP contribution in [0.3, 0.4) is 0 Å². The number of hydrogen-bond donors (Lipinski definition) is 0. The molecule has 1 heteroatoms. The lowest BCUT2D eigenvalue weighted by molar-refractivity contribution is 0.420. The van der Waals surface area contributed by atoms with Gasteiger partial charge in [0.15, 0.2) is 0 Å². The van der Waals surface area contributed by atoms with Crippen molar-refractivity contribution in [1.29, 1.82) is 0 Å². The standard InChI is InChI=1S/C56H53N/c1-56(2)52-22-11-10-21-49(52)50-31-32-53(54(55(50)56)44-26-25-38-13-6-7-16-41(38)35-44)57(45-29-27-40(28-30-45)51-34-37-23-24-43(51)33-37)46-18-12-17-42(36-46)48-20-9-8-19-47(48)39-14-4-3-5-15-39/h6-13,16-22,25-32,35-37,39,43,51H,3-5,14-15,23-24,33-34H2,1-2H3. The van der Waals surface area contributed by atoms with E-state index in [1.54, 1.807) is 0 Å². The van der Waals surface area contributed by atoms with Crippen LogP contribution in [0.1, 0.15) is 106 Å². The molecule has 2 bridgehead atoms. The molecule has 4 aliphatic carbocycles. The van der Waals surface area contributed by atoms with E-state index in [4.69, 9.17) is 0 Å². The second-order valence-electron chi connectivity index (χ2n) is 18.3. The van der Waals surface area contributed by atoms with Gasteiger partial charge in [0, 0.05) is 22.4 Å². The number of hydrogen-bond acceptors (Lipinski definition) is 1. The van der Waals surface area contributed by atoms with Crippen molar-refractivity contribution in [2.24, 2.45) is 11.8 Å². The maximum Gasteiger partial charge on any atom is 0.0543 e. The van der Waals surface area contributed by atoms with Crippen molar-refractivity contribution < 1.29 is 0 Å². The van der Waals surface area contributed by atoms with Crippen LogP contribution < -0.4 is 4.90 Å². The first-order valence-corrected chi connectivity index (χ1v) is 21.9. The number of fused-ring (bicyclic) bond motifs is 6. The van der Waals surface area contributed by atoms with Gasteiger partial charge in [0.05, 0.1) is 5.69 Å². The summed E-state index contributed by atoms with van der Waals surface area (Å²) in [6.07, 6.45) is 12.2. The van der Waals surface area contributed by atoms with Crippen molar-refractivity contribution >= 4 is 27.8 Å². The highest BCUT2D eigenvalue weighted by Crippen LogP contribution is 2.57. The SMILES string of the molecule is CC1(C)c2ccccc2-c2ccc(N(c3ccc(C4CC5CCC4C5)cc3)c3cccc(-c4ccccc4C4CCCCC4)c3)c(-c3ccc4ccccc4c3)c21. The van der Waals surface area contributed by atoms with E-state index in [9.17, 15) is 0 Å². The Morgan fingerprint density at radius 2 is 1.30 bits per heavy atom. The van der Waals surface area contributed by atoms with Gasteiger partial charge in [-0.3, -0.25) is 0 Å². The van der Waals surface area contributed by atoms with Crippen LogP contribution in [0.5, 0.6) is 0 Å². The molecule has 57 heavy (non-hydrogen) atoms. The lowest BCUT2D eigenvalue weighted by Crippen LogP contribution is -2.19. The Balaban J connectivity index is 1.13. The van der Waals surface area contributed by atoms with Crippen molar-refractivity contribution in [2.45, 2.75) is 88.9 Å². The summed E-state index contributed by atoms with van der Waals surface area (Å²) in [5.74, 6) is 3.13. The van der Waals surface area contributed by atoms with E-state index < -0.39 is 0 Å². The molecule has 3 unspecified atom stereocenters. The molecule has 0 aromatic heterocycles. The average molecular weight is 740 g/mol. The molecule has 11 rings (SSSR count). The second-order valence-corrected chi connectivity index (χ2v) is 18.3. The summed E-state index contributed by atoms with van der Waals surface area (Å²) in [5, 5.41) is 2.55. The second kappa shape index (κ2) is 13.9. The van der Waals surface area contributed by atoms with E-state index in [1.807, 2.05) is 0 Å². The fourth-order valence-electron chi connectivity index (χ4n) is 12.0. The Morgan fingerprint density at radius 3 is 2.11 bits per heavy atom. The van der Waals surface area contributed by atoms with Crippen LogP contribution >= 0.6 is 0 Å². The zero-order valence-electron chi connectivity index (χ0n) is 33.6. The summed E-state index contributed by atoms with van der Waals surface area (Å²) in [4.78, 5) is 2.58. The van der Waals surface area contributed by atoms with Gasteiger partial charge in [0.1, 0.15) is 0 Å². The van der Waals surface area contributed by atoms with Gasteiger partial charge in [-0.1, -0.05) is 155 Å². The summed E-state index contributed by atoms with van der Waals surface area (Å²) in [6.45, 7) is 4.87. The van der Waals surface area contributed by atoms with Crippen LogP contribution in [0.15, 0.2) is 152 Å². The van der Waals surface area contributed by atoms with Gasteiger partial charge >= 0.3 is 0 Å². The van der Waals surface area contributed by atoms with E-state index in [0.29, 0.717) is 11.8 Å². The Kier molecular flexibility index (Phi) is 8.50. The Hall–Kier alpha value is -5.40. The monoisotopic (exact) mass is 739 g/mol. The topological polar surface area (TPSA) is 3.24 Å². The Labute approximate surface area is 339 Å². The lowest BCUT2D eigenvalue weighted by Gasteiger charge is -2.33. The van der Waals surface area contributed by atoms with Gasteiger partial charge in [-0.25, -0.2) is 0 Å². The van der Waals surface area contributed by atoms with Crippen LogP contribution in [-0.2, 0) is 5.41 Å². The smallest absolute Gasteiger partial charge is 0.0543 e. The molecule has 0 saturated heterocycles. The molecule has 7 aromatic rings. The lowest BCUT2D eigenvalue weighted by atomic mass is 9.78. The van der Waals surface area contributed by atoms with Crippen molar-refractivity contribution in [2.75, 3.05) is 4.90 Å². The van der Waals surface area contributed by atoms with Gasteiger partial charge < -0.3 is 4.90 Å². The number of benzene rings is 7. The summed E-state index contributed by atoms with van der Waals surface area (Å²) >= 11 is 0. The molecule has 0 heterocycles. The fraction of sp³-hybridized carbons (Fsp3) is 0.286. The summed E-state index contributed by atoms with van der Waals surface area (Å²) in [6, 6.07) is 58.4. The summed E-state index contributed by atoms with van der Waals surface area (Å²) < 4.78 is 0. The van der Waals surface area contributed by atoms with Crippen molar-refractivity contribution in [3.05, 3.63) is 174 Å². The molecular weight excluding hydrogens is 687 g/mol. The molecule has 3 fully saturated rings. The van der Waals surface area contributed by atoms with Gasteiger partial charge in [-0.15, -0.1) is 0 Å². The van der Waals surface area contributed by atoms with Crippen LogP contribution in [-0.4, -0.2) is 0 Å². The van der Waals surface area contributed by atoms with Gasteiger partial charge in [0.2, 0.25) is 0 Å². The van der Waals surface area contributed by atoms with Crippen LogP contribution in [0.2, 0.25) is 0 Å². The molecular formula is C56H53N. The molecule has 0 amide bonds. The van der Waals surface area contributed by atoms with Crippen LogP contribution in [0.4, 0.5) is 17.1 Å². The van der Waals surface area contributed by atoms with Gasteiger partial charge in [-0.2, -0.15) is 0 Å². The Morgan fingerprint density at radius 1 is 0.526 bits per heavy atom. The normalized spacial score (nSPS) is 20.8. The minimum absolute atomic E-state index is 0.180. The summed E-state index contributed by atoms with van der Waals surface area (Å²) in [5.41, 5.74) is 17.3. The average Bonchev–Trinajstić information content (AvgIpc) is 3.97. The highest BCUT2D eigenvalue weighted by atomic mass is 15.1. The summed E-state index contributed by atoms with van der Waals surface area (Å²) in [7, 11) is 0. The molecule has 4 aliphatic rings. The molecule has 3 atom stereocenters. The highest BCUT2D eigenvalue weighted by molar-refractivity contribution is 6.00. The van der Waals surface area contributed by atoms with E-state index in [0.717, 1.165) is 11.8 Å². The number of rotatable bonds is 7. The zero-order valence-corrected chi connectivity index (χ0v) is 33.6. The van der Waals surface area contributed by atoms with E-state index in [-0.39, 0.29) is 5.41 Å². The molecule has 0 N–H and O–H groups in total. The van der Waals surface area contributed by atoms with Crippen molar-refractivity contribution in [3.63, 3.8) is 0 Å². The predicted octanol–water partition coefficient (Wildman–Crippen LogP) is 15.9. The van der Waals surface area contributed by atoms with Crippen LogP contribution in [0.25, 0.3) is 44.2 Å². The first-order valence-electron chi connectivity index (χ1n) is 21.9. The maximum atomic E-state index is 2.58. The number of nitrogens with zero attached hydrogens (tertiary/aromatic N) is 1. The van der Waals surface area contributed by atoms with Crippen LogP contribution in [0, 0.1) is 11.8 Å². The van der Waals surface area contributed by atoms with Crippen molar-refractivity contribution in [1.82, 2.24) is 0 Å². The third kappa shape index (κ3) is 5.88. The number of anilines is 3. The largest absolute Gasteiger partial charge is 0.310 e. The molecule has 282 valence electrons. The first kappa shape index (κ1) is 34.8. The van der Waals surface area contributed by atoms with E-state index >= 15 is 0 Å².